The summed E-state index contributed by atoms with van der Waals surface area (Å²) >= 11 is 0. The summed E-state index contributed by atoms with van der Waals surface area (Å²) in [5.74, 6) is 0.0664. The van der Waals surface area contributed by atoms with Crippen LogP contribution in [0, 0.1) is 0 Å². The first-order chi connectivity index (χ1) is 36.4. The number of likely N-dealkylation sites (tertiary alicyclic amines) is 3. The van der Waals surface area contributed by atoms with Crippen LogP contribution in [0.4, 0.5) is 9.59 Å². The van der Waals surface area contributed by atoms with E-state index in [2.05, 4.69) is 36.7 Å². The number of aliphatic hydroxyl groups excluding tert-OH is 1. The lowest BCUT2D eigenvalue weighted by Gasteiger charge is -2.32. The third kappa shape index (κ3) is 17.1. The molecular formula is C48H71N17O11. The summed E-state index contributed by atoms with van der Waals surface area (Å²) in [6.45, 7) is -0.673. The summed E-state index contributed by atoms with van der Waals surface area (Å²) in [7, 11) is 0. The number of aliphatic hydroxyl groups is 1. The Morgan fingerprint density at radius 3 is 1.84 bits per heavy atom. The molecule has 28 heteroatoms. The van der Waals surface area contributed by atoms with Crippen LogP contribution in [0.25, 0.3) is 0 Å². The lowest BCUT2D eigenvalue weighted by atomic mass is 10.0. The van der Waals surface area contributed by atoms with E-state index in [-0.39, 0.29) is 83.4 Å². The van der Waals surface area contributed by atoms with Crippen molar-refractivity contribution in [1.29, 1.82) is 0 Å². The van der Waals surface area contributed by atoms with Crippen molar-refractivity contribution in [1.82, 2.24) is 51.4 Å². The minimum Gasteiger partial charge on any atom is -0.480 e. The fourth-order valence-corrected chi connectivity index (χ4v) is 9.13. The van der Waals surface area contributed by atoms with Gasteiger partial charge in [-0.2, -0.15) is 0 Å². The van der Waals surface area contributed by atoms with Crippen molar-refractivity contribution >= 4 is 65.4 Å². The van der Waals surface area contributed by atoms with Gasteiger partial charge < -0.3 is 69.1 Å². The number of benzene rings is 2. The zero-order valence-corrected chi connectivity index (χ0v) is 42.3. The first-order valence-corrected chi connectivity index (χ1v) is 25.1. The maximum Gasteiger partial charge on any atom is 0.337 e. The molecule has 17 N–H and O–H groups in total. The predicted octanol–water partition coefficient (Wildman–Crippen LogP) is -3.54. The second kappa shape index (κ2) is 29.0. The predicted molar refractivity (Wildman–Crippen MR) is 275 cm³/mol. The van der Waals surface area contributed by atoms with E-state index in [1.54, 1.807) is 60.7 Å². The minimum absolute atomic E-state index is 0.0328. The number of hydrogen-bond donors (Lipinski definition) is 12. The van der Waals surface area contributed by atoms with Crippen molar-refractivity contribution in [2.75, 3.05) is 52.4 Å². The Morgan fingerprint density at radius 2 is 1.24 bits per heavy atom. The minimum atomic E-state index is -1.60. The molecule has 28 nitrogen and oxygen atoms in total. The van der Waals surface area contributed by atoms with Crippen molar-refractivity contribution in [2.24, 2.45) is 38.8 Å². The molecule has 3 aliphatic rings. The van der Waals surface area contributed by atoms with Gasteiger partial charge in [-0.3, -0.25) is 49.2 Å². The number of nitrogens with two attached hydrogens (primary N) is 5. The number of hydrogen-bond acceptors (Lipinski definition) is 13. The lowest BCUT2D eigenvalue weighted by molar-refractivity contribution is -0.144. The molecular weight excluding hydrogens is 991 g/mol. The number of rotatable bonds is 24. The largest absolute Gasteiger partial charge is 0.480 e. The van der Waals surface area contributed by atoms with Gasteiger partial charge in [0.25, 0.3) is 5.91 Å². The second-order valence-corrected chi connectivity index (χ2v) is 18.5. The molecule has 0 spiro atoms. The maximum atomic E-state index is 14.1. The summed E-state index contributed by atoms with van der Waals surface area (Å²) in [6.07, 6.45) is 2.60. The number of carbonyl (C=O) groups excluding carboxylic acids is 8. The van der Waals surface area contributed by atoms with E-state index >= 15 is 0 Å². The molecule has 3 aliphatic heterocycles. The second-order valence-electron chi connectivity index (χ2n) is 18.5. The summed E-state index contributed by atoms with van der Waals surface area (Å²) in [4.78, 5) is 134. The highest BCUT2D eigenvalue weighted by Crippen LogP contribution is 2.26. The number of carboxylic acid groups (broad SMARTS) is 1. The zero-order chi connectivity index (χ0) is 55.3. The van der Waals surface area contributed by atoms with Gasteiger partial charge in [-0.25, -0.2) is 25.2 Å². The van der Waals surface area contributed by atoms with E-state index in [0.29, 0.717) is 49.7 Å². The van der Waals surface area contributed by atoms with Gasteiger partial charge in [0.1, 0.15) is 36.3 Å². The Balaban J connectivity index is 1.21. The maximum absolute atomic E-state index is 14.1. The molecule has 2 aromatic rings. The van der Waals surface area contributed by atoms with Crippen LogP contribution in [-0.4, -0.2) is 189 Å². The number of aliphatic imine (C=N–C) groups is 2. The third-order valence-electron chi connectivity index (χ3n) is 12.9. The molecule has 3 saturated heterocycles. The van der Waals surface area contributed by atoms with Crippen LogP contribution in [0.15, 0.2) is 70.6 Å². The highest BCUT2D eigenvalue weighted by atomic mass is 16.4. The monoisotopic (exact) mass is 1060 g/mol. The van der Waals surface area contributed by atoms with E-state index in [1.165, 1.54) is 9.80 Å². The number of amides is 10. The Kier molecular flexibility index (Phi) is 22.4. The van der Waals surface area contributed by atoms with Crippen molar-refractivity contribution in [3.8, 4) is 0 Å². The first kappa shape index (κ1) is 58.6. The average molecular weight is 1060 g/mol. The number of guanidine groups is 2. The van der Waals surface area contributed by atoms with E-state index in [0.717, 1.165) is 14.9 Å². The Hall–Kier alpha value is -8.27. The molecule has 0 aliphatic carbocycles. The van der Waals surface area contributed by atoms with E-state index in [1.807, 2.05) is 0 Å². The van der Waals surface area contributed by atoms with Gasteiger partial charge in [0.05, 0.1) is 19.7 Å². The van der Waals surface area contributed by atoms with Crippen LogP contribution in [0.1, 0.15) is 68.9 Å². The number of hydrazine groups is 2. The average Bonchev–Trinajstić information content (AvgIpc) is 4.22. The molecule has 0 saturated carbocycles. The van der Waals surface area contributed by atoms with Crippen LogP contribution in [0.3, 0.4) is 0 Å². The SMILES string of the molecule is NC(N)=NCCC[C@H](NC(=O)N(Cc1ccccc1)NC(=O)[C@@H]1CCCN1C(=O)[C@H](CO)NC(=O)[C@H](Cc1ccccc1)NC(=O)CNC(=O)[C@@H]1CCCN1C(=O)[C@@H]1CCCN1C(=O)N(N)CCCN=C(N)N)C(=O)O. The number of carboxylic acids is 1. The van der Waals surface area contributed by atoms with Gasteiger partial charge in [0.2, 0.25) is 29.5 Å². The molecule has 2 aromatic carbocycles. The molecule has 0 bridgehead atoms. The van der Waals surface area contributed by atoms with Gasteiger partial charge in [0, 0.05) is 45.7 Å². The smallest absolute Gasteiger partial charge is 0.337 e. The fraction of sp³-hybridized carbons (Fsp3) is 0.521. The molecule has 3 fully saturated rings. The first-order valence-electron chi connectivity index (χ1n) is 25.1. The third-order valence-corrected chi connectivity index (χ3v) is 12.9. The number of nitrogens with zero attached hydrogens (tertiary/aromatic N) is 7. The molecule has 3 heterocycles. The topological polar surface area (TPSA) is 425 Å². The Labute approximate surface area is 439 Å². The summed E-state index contributed by atoms with van der Waals surface area (Å²) in [5.41, 5.74) is 25.2. The van der Waals surface area contributed by atoms with E-state index < -0.39 is 103 Å². The van der Waals surface area contributed by atoms with Gasteiger partial charge in [0.15, 0.2) is 11.9 Å². The van der Waals surface area contributed by atoms with Gasteiger partial charge in [-0.1, -0.05) is 60.7 Å². The summed E-state index contributed by atoms with van der Waals surface area (Å²) < 4.78 is 0. The molecule has 0 unspecified atom stereocenters. The summed E-state index contributed by atoms with van der Waals surface area (Å²) in [6, 6.07) is 8.28. The lowest BCUT2D eigenvalue weighted by Crippen LogP contribution is -2.60. The van der Waals surface area contributed by atoms with Crippen molar-refractivity contribution in [3.63, 3.8) is 0 Å². The number of nitrogens with one attached hydrogen (secondary N) is 5. The highest BCUT2D eigenvalue weighted by Gasteiger charge is 2.44. The molecule has 414 valence electrons. The molecule has 0 radical (unpaired) electrons. The van der Waals surface area contributed by atoms with Gasteiger partial charge >= 0.3 is 18.0 Å². The molecule has 6 atom stereocenters. The number of carbonyl (C=O) groups is 9. The number of aliphatic carboxylic acids is 1. The van der Waals surface area contributed by atoms with E-state index in [9.17, 15) is 53.4 Å². The van der Waals surface area contributed by atoms with Crippen molar-refractivity contribution in [3.05, 3.63) is 71.8 Å². The molecule has 0 aromatic heterocycles. The van der Waals surface area contributed by atoms with Crippen molar-refractivity contribution in [2.45, 2.75) is 107 Å². The quantitative estimate of drug-likeness (QED) is 0.0121. The number of urea groups is 2. The van der Waals surface area contributed by atoms with Crippen LogP contribution in [0.2, 0.25) is 0 Å². The van der Waals surface area contributed by atoms with Crippen molar-refractivity contribution < 1.29 is 53.4 Å². The summed E-state index contributed by atoms with van der Waals surface area (Å²) in [5, 5.41) is 32.4. The van der Waals surface area contributed by atoms with Crippen LogP contribution < -0.4 is 55.5 Å². The molecule has 10 amide bonds. The Morgan fingerprint density at radius 1 is 0.671 bits per heavy atom. The standard InChI is InChI=1S/C48H71N17O11/c49-45(50)54-20-7-16-32(44(73)74)59-47(75)65(28-31-14-5-2-6-15-31)60-41(70)36-18-9-22-61(36)42(71)34(29-66)58-39(68)33(26-30-12-3-1-4-13-30)57-38(67)27-56-40(69)35-17-8-23-62(35)43(72)37-19-10-24-63(37)48(76)64(53)25-11-21-55-46(51)52/h1-6,12-15,32-37,66H,7-11,16-29,53H2,(H,56,69)(H,57,67)(H,58,68)(H,59,75)(H,60,70)(H,73,74)(H4,49,50,54)(H4,51,52,55)/t32-,33-,34-,35-,36-,37-/m0/s1. The zero-order valence-electron chi connectivity index (χ0n) is 42.3. The van der Waals surface area contributed by atoms with Gasteiger partial charge in [-0.05, 0) is 68.9 Å². The highest BCUT2D eigenvalue weighted by molar-refractivity contribution is 5.97. The van der Waals surface area contributed by atoms with Crippen LogP contribution >= 0.6 is 0 Å². The molecule has 76 heavy (non-hydrogen) atoms. The fourth-order valence-electron chi connectivity index (χ4n) is 9.13. The Bertz CT molecular complexity index is 2410. The normalized spacial score (nSPS) is 18.0. The molecule has 5 rings (SSSR count). The van der Waals surface area contributed by atoms with Crippen LogP contribution in [0.5, 0.6) is 0 Å². The van der Waals surface area contributed by atoms with Crippen LogP contribution in [-0.2, 0) is 46.5 Å². The van der Waals surface area contributed by atoms with E-state index in [4.69, 9.17) is 28.8 Å². The van der Waals surface area contributed by atoms with Gasteiger partial charge in [-0.15, -0.1) is 0 Å².